The molecule has 154 valence electrons. The molecule has 0 aliphatic rings. The SMILES string of the molecule is Cc1c(NC(=O)c2cnn3c2[nH]c(=O)c2ccccc23)cccc1OCC(F)(F)F. The van der Waals surface area contributed by atoms with Gasteiger partial charge in [0.2, 0.25) is 0 Å². The highest BCUT2D eigenvalue weighted by molar-refractivity contribution is 6.09. The van der Waals surface area contributed by atoms with Crippen LogP contribution in [-0.2, 0) is 0 Å². The Bertz CT molecular complexity index is 1320. The predicted molar refractivity (Wildman–Crippen MR) is 104 cm³/mol. The standard InChI is InChI=1S/C20H15F3N4O3/c1-11-14(6-4-8-16(11)30-10-20(21,22)23)25-19(29)13-9-24-27-15-7-3-2-5-12(15)18(28)26-17(13)27/h2-9H,10H2,1H3,(H,25,29)(H,26,28). The van der Waals surface area contributed by atoms with Crippen LogP contribution in [0, 0.1) is 6.92 Å². The van der Waals surface area contributed by atoms with Crippen LogP contribution >= 0.6 is 0 Å². The third kappa shape index (κ3) is 3.59. The highest BCUT2D eigenvalue weighted by Gasteiger charge is 2.29. The Kier molecular flexibility index (Phi) is 4.69. The number of amides is 1. The van der Waals surface area contributed by atoms with E-state index in [0.717, 1.165) is 0 Å². The van der Waals surface area contributed by atoms with Crippen molar-refractivity contribution in [2.24, 2.45) is 0 Å². The molecular formula is C20H15F3N4O3. The van der Waals surface area contributed by atoms with Crippen molar-refractivity contribution >= 4 is 28.1 Å². The van der Waals surface area contributed by atoms with Crippen LogP contribution in [0.3, 0.4) is 0 Å². The number of carbonyl (C=O) groups is 1. The van der Waals surface area contributed by atoms with E-state index in [2.05, 4.69) is 15.4 Å². The molecular weight excluding hydrogens is 401 g/mol. The van der Waals surface area contributed by atoms with E-state index in [4.69, 9.17) is 4.74 Å². The second-order valence-electron chi connectivity index (χ2n) is 6.58. The van der Waals surface area contributed by atoms with Crippen LogP contribution in [0.2, 0.25) is 0 Å². The number of alkyl halides is 3. The fraction of sp³-hybridized carbons (Fsp3) is 0.150. The lowest BCUT2D eigenvalue weighted by atomic mass is 10.1. The molecule has 10 heteroatoms. The first-order valence-corrected chi connectivity index (χ1v) is 8.84. The Morgan fingerprint density at radius 3 is 2.73 bits per heavy atom. The van der Waals surface area contributed by atoms with Crippen molar-refractivity contribution in [2.75, 3.05) is 11.9 Å². The lowest BCUT2D eigenvalue weighted by Crippen LogP contribution is -2.20. The molecule has 2 aromatic carbocycles. The van der Waals surface area contributed by atoms with Crippen LogP contribution in [0.25, 0.3) is 16.6 Å². The van der Waals surface area contributed by atoms with Gasteiger partial charge in [-0.3, -0.25) is 9.59 Å². The molecule has 0 saturated carbocycles. The predicted octanol–water partition coefficient (Wildman–Crippen LogP) is 3.68. The van der Waals surface area contributed by atoms with Crippen LogP contribution in [-0.4, -0.2) is 33.3 Å². The highest BCUT2D eigenvalue weighted by atomic mass is 19.4. The van der Waals surface area contributed by atoms with Crippen molar-refractivity contribution < 1.29 is 22.7 Å². The van der Waals surface area contributed by atoms with Crippen molar-refractivity contribution in [1.82, 2.24) is 14.6 Å². The summed E-state index contributed by atoms with van der Waals surface area (Å²) in [5.41, 5.74) is 1.10. The molecule has 2 N–H and O–H groups in total. The maximum Gasteiger partial charge on any atom is 0.422 e. The molecule has 0 saturated heterocycles. The zero-order valence-electron chi connectivity index (χ0n) is 15.6. The largest absolute Gasteiger partial charge is 0.484 e. The van der Waals surface area contributed by atoms with Gasteiger partial charge in [-0.2, -0.15) is 18.3 Å². The number of nitrogens with zero attached hydrogens (tertiary/aromatic N) is 2. The number of hydrogen-bond donors (Lipinski definition) is 2. The molecule has 30 heavy (non-hydrogen) atoms. The van der Waals surface area contributed by atoms with Crippen LogP contribution in [0.5, 0.6) is 5.75 Å². The number of hydrogen-bond acceptors (Lipinski definition) is 4. The molecule has 1 amide bonds. The molecule has 2 aromatic heterocycles. The molecule has 0 spiro atoms. The third-order valence-electron chi connectivity index (χ3n) is 4.55. The number of ether oxygens (including phenoxy) is 1. The van der Waals surface area contributed by atoms with E-state index < -0.39 is 18.7 Å². The van der Waals surface area contributed by atoms with E-state index in [1.54, 1.807) is 24.3 Å². The number of carbonyl (C=O) groups excluding carboxylic acids is 1. The first-order valence-electron chi connectivity index (χ1n) is 8.84. The second kappa shape index (κ2) is 7.21. The Morgan fingerprint density at radius 2 is 1.97 bits per heavy atom. The number of benzene rings is 2. The van der Waals surface area contributed by atoms with Gasteiger partial charge in [0.1, 0.15) is 17.0 Å². The number of halogens is 3. The number of aromatic nitrogens is 3. The third-order valence-corrected chi connectivity index (χ3v) is 4.55. The number of para-hydroxylation sites is 1. The summed E-state index contributed by atoms with van der Waals surface area (Å²) in [6, 6.07) is 11.2. The summed E-state index contributed by atoms with van der Waals surface area (Å²) in [6.45, 7) is 0.0976. The number of rotatable bonds is 4. The van der Waals surface area contributed by atoms with E-state index in [0.29, 0.717) is 16.5 Å². The minimum Gasteiger partial charge on any atom is -0.484 e. The number of H-pyrrole nitrogens is 1. The lowest BCUT2D eigenvalue weighted by molar-refractivity contribution is -0.153. The molecule has 0 aliphatic heterocycles. The van der Waals surface area contributed by atoms with Gasteiger partial charge in [0.15, 0.2) is 6.61 Å². The van der Waals surface area contributed by atoms with Gasteiger partial charge in [0.25, 0.3) is 11.5 Å². The summed E-state index contributed by atoms with van der Waals surface area (Å²) in [4.78, 5) is 27.8. The summed E-state index contributed by atoms with van der Waals surface area (Å²) in [5.74, 6) is -0.573. The Balaban J connectivity index is 1.67. The fourth-order valence-electron chi connectivity index (χ4n) is 3.10. The smallest absolute Gasteiger partial charge is 0.422 e. The van der Waals surface area contributed by atoms with E-state index >= 15 is 0 Å². The summed E-state index contributed by atoms with van der Waals surface area (Å²) in [5, 5.41) is 7.24. The van der Waals surface area contributed by atoms with E-state index in [-0.39, 0.29) is 28.2 Å². The molecule has 4 rings (SSSR count). The van der Waals surface area contributed by atoms with Crippen LogP contribution < -0.4 is 15.6 Å². The summed E-state index contributed by atoms with van der Waals surface area (Å²) < 4.78 is 43.5. The molecule has 0 bridgehead atoms. The highest BCUT2D eigenvalue weighted by Crippen LogP contribution is 2.28. The quantitative estimate of drug-likeness (QED) is 0.531. The molecule has 0 radical (unpaired) electrons. The zero-order valence-corrected chi connectivity index (χ0v) is 15.6. The minimum atomic E-state index is -4.47. The zero-order chi connectivity index (χ0) is 21.5. The van der Waals surface area contributed by atoms with Gasteiger partial charge in [-0.05, 0) is 31.2 Å². The number of fused-ring (bicyclic) bond motifs is 3. The van der Waals surface area contributed by atoms with Gasteiger partial charge in [0, 0.05) is 11.3 Å². The van der Waals surface area contributed by atoms with E-state index in [1.807, 2.05) is 0 Å². The fourth-order valence-corrected chi connectivity index (χ4v) is 3.10. The molecule has 2 heterocycles. The molecule has 0 unspecified atom stereocenters. The van der Waals surface area contributed by atoms with Crippen molar-refractivity contribution in [2.45, 2.75) is 13.1 Å². The molecule has 7 nitrogen and oxygen atoms in total. The normalized spacial score (nSPS) is 11.7. The first-order chi connectivity index (χ1) is 14.2. The molecule has 4 aromatic rings. The number of nitrogens with one attached hydrogen (secondary N) is 2. The summed E-state index contributed by atoms with van der Waals surface area (Å²) in [7, 11) is 0. The topological polar surface area (TPSA) is 88.5 Å². The van der Waals surface area contributed by atoms with Crippen LogP contribution in [0.1, 0.15) is 15.9 Å². The van der Waals surface area contributed by atoms with Gasteiger partial charge in [-0.1, -0.05) is 18.2 Å². The maximum absolute atomic E-state index is 12.8. The second-order valence-corrected chi connectivity index (χ2v) is 6.58. The number of anilines is 1. The maximum atomic E-state index is 12.8. The number of aromatic amines is 1. The lowest BCUT2D eigenvalue weighted by Gasteiger charge is -2.14. The van der Waals surface area contributed by atoms with Gasteiger partial charge in [-0.15, -0.1) is 0 Å². The molecule has 0 atom stereocenters. The molecule has 0 aliphatic carbocycles. The average Bonchev–Trinajstić information content (AvgIpc) is 3.12. The van der Waals surface area contributed by atoms with Gasteiger partial charge in [0.05, 0.1) is 17.1 Å². The Morgan fingerprint density at radius 1 is 1.20 bits per heavy atom. The Labute approximate surface area is 167 Å². The summed E-state index contributed by atoms with van der Waals surface area (Å²) >= 11 is 0. The van der Waals surface area contributed by atoms with Crippen molar-refractivity contribution in [3.8, 4) is 5.75 Å². The van der Waals surface area contributed by atoms with Crippen LogP contribution in [0.4, 0.5) is 18.9 Å². The monoisotopic (exact) mass is 416 g/mol. The minimum absolute atomic E-state index is 0.00406. The van der Waals surface area contributed by atoms with Crippen molar-refractivity contribution in [1.29, 1.82) is 0 Å². The van der Waals surface area contributed by atoms with Crippen molar-refractivity contribution in [3.05, 3.63) is 70.1 Å². The van der Waals surface area contributed by atoms with Gasteiger partial charge < -0.3 is 15.0 Å². The van der Waals surface area contributed by atoms with Gasteiger partial charge in [-0.25, -0.2) is 4.52 Å². The Hall–Kier alpha value is -3.82. The van der Waals surface area contributed by atoms with E-state index in [1.165, 1.54) is 35.8 Å². The molecule has 0 fully saturated rings. The first kappa shape index (κ1) is 19.5. The van der Waals surface area contributed by atoms with Crippen molar-refractivity contribution in [3.63, 3.8) is 0 Å². The van der Waals surface area contributed by atoms with Crippen LogP contribution in [0.15, 0.2) is 53.5 Å². The van der Waals surface area contributed by atoms with E-state index in [9.17, 15) is 22.8 Å². The van der Waals surface area contributed by atoms with Gasteiger partial charge >= 0.3 is 6.18 Å². The summed E-state index contributed by atoms with van der Waals surface area (Å²) in [6.07, 6.45) is -3.16. The average molecular weight is 416 g/mol.